The normalized spacial score (nSPS) is 25.8. The number of hydrogen-bond donors (Lipinski definition) is 3. The highest BCUT2D eigenvalue weighted by molar-refractivity contribution is 6.59. The van der Waals surface area contributed by atoms with Gasteiger partial charge in [-0.1, -0.05) is 104 Å². The molecule has 50 heavy (non-hydrogen) atoms. The SMILES string of the molecule is CC1(C)CC(C)(C)CC2(C1)N=c1c(=C3C(=O)C(c4ccc5cccc6c5c4NC4(CC(C)(C)CC(C)(C)C4)N6)C3=O)ccc3cccc(c13)N2. The second-order valence-electron chi connectivity index (χ2n) is 19.7. The van der Waals surface area contributed by atoms with E-state index in [0.717, 1.165) is 88.1 Å². The Morgan fingerprint density at radius 1 is 0.580 bits per heavy atom. The van der Waals surface area contributed by atoms with Gasteiger partial charge in [0.2, 0.25) is 0 Å². The van der Waals surface area contributed by atoms with Gasteiger partial charge in [0, 0.05) is 27.4 Å². The number of ketones is 2. The Morgan fingerprint density at radius 2 is 1.12 bits per heavy atom. The highest BCUT2D eigenvalue weighted by Gasteiger charge is 2.53. The first-order valence-corrected chi connectivity index (χ1v) is 18.5. The largest absolute Gasteiger partial charge is 0.362 e. The van der Waals surface area contributed by atoms with E-state index in [1.54, 1.807) is 0 Å². The van der Waals surface area contributed by atoms with E-state index in [0.29, 0.717) is 10.8 Å². The maximum absolute atomic E-state index is 14.6. The molecular weight excluding hydrogens is 617 g/mol. The monoisotopic (exact) mass is 666 g/mol. The number of anilines is 3. The van der Waals surface area contributed by atoms with E-state index in [9.17, 15) is 9.59 Å². The minimum absolute atomic E-state index is 0.0806. The minimum atomic E-state index is -0.842. The van der Waals surface area contributed by atoms with Gasteiger partial charge in [0.15, 0.2) is 11.6 Å². The fourth-order valence-electron chi connectivity index (χ4n) is 12.2. The van der Waals surface area contributed by atoms with Gasteiger partial charge in [-0.25, -0.2) is 0 Å². The van der Waals surface area contributed by atoms with E-state index in [4.69, 9.17) is 4.99 Å². The second kappa shape index (κ2) is 9.77. The molecule has 0 unspecified atom stereocenters. The quantitative estimate of drug-likeness (QED) is 0.177. The third-order valence-electron chi connectivity index (χ3n) is 12.1. The van der Waals surface area contributed by atoms with Crippen LogP contribution in [-0.4, -0.2) is 22.9 Å². The summed E-state index contributed by atoms with van der Waals surface area (Å²) in [5.74, 6) is -1.06. The van der Waals surface area contributed by atoms with Crippen molar-refractivity contribution in [1.29, 1.82) is 0 Å². The number of nitrogens with zero attached hydrogens (tertiary/aromatic N) is 1. The molecule has 5 aliphatic rings. The van der Waals surface area contributed by atoms with Crippen molar-refractivity contribution >= 4 is 55.7 Å². The Kier molecular flexibility index (Phi) is 6.21. The van der Waals surface area contributed by atoms with Gasteiger partial charge < -0.3 is 16.0 Å². The van der Waals surface area contributed by atoms with Crippen molar-refractivity contribution in [3.63, 3.8) is 0 Å². The lowest BCUT2D eigenvalue weighted by Crippen LogP contribution is -2.57. The van der Waals surface area contributed by atoms with Crippen LogP contribution in [0.3, 0.4) is 0 Å². The van der Waals surface area contributed by atoms with E-state index in [2.05, 4.69) is 114 Å². The number of benzene rings is 4. The number of hydrogen-bond acceptors (Lipinski definition) is 6. The summed E-state index contributed by atoms with van der Waals surface area (Å²) in [4.78, 5) is 34.7. The van der Waals surface area contributed by atoms with Gasteiger partial charge in [-0.05, 0) is 88.7 Å². The number of carbonyl (C=O) groups is 2. The summed E-state index contributed by atoms with van der Waals surface area (Å²) in [6.07, 6.45) is 5.88. The van der Waals surface area contributed by atoms with Crippen LogP contribution in [0.5, 0.6) is 0 Å². The van der Waals surface area contributed by atoms with E-state index in [1.165, 1.54) is 0 Å². The molecular formula is C44H50N4O2. The van der Waals surface area contributed by atoms with Crippen LogP contribution in [-0.2, 0) is 9.59 Å². The van der Waals surface area contributed by atoms with Crippen LogP contribution in [0.4, 0.5) is 17.1 Å². The molecule has 6 heteroatoms. The predicted octanol–water partition coefficient (Wildman–Crippen LogP) is 8.83. The molecule has 0 radical (unpaired) electrons. The summed E-state index contributed by atoms with van der Waals surface area (Å²) in [6, 6.07) is 20.7. The zero-order chi connectivity index (χ0) is 35.2. The highest BCUT2D eigenvalue weighted by atomic mass is 16.2. The Bertz CT molecular complexity index is 2280. The van der Waals surface area contributed by atoms with E-state index < -0.39 is 11.6 Å². The molecule has 0 aromatic heterocycles. The van der Waals surface area contributed by atoms with E-state index in [1.807, 2.05) is 18.2 Å². The van der Waals surface area contributed by atoms with Crippen molar-refractivity contribution < 1.29 is 9.59 Å². The molecule has 3 N–H and O–H groups in total. The molecule has 4 aromatic carbocycles. The van der Waals surface area contributed by atoms with Crippen LogP contribution in [0.15, 0.2) is 65.7 Å². The van der Waals surface area contributed by atoms with E-state index >= 15 is 0 Å². The first-order valence-electron chi connectivity index (χ1n) is 18.5. The molecule has 0 amide bonds. The molecule has 3 aliphatic carbocycles. The van der Waals surface area contributed by atoms with Crippen LogP contribution >= 0.6 is 0 Å². The lowest BCUT2D eigenvalue weighted by atomic mass is 9.60. The first-order chi connectivity index (χ1) is 23.4. The molecule has 0 saturated heterocycles. The summed E-state index contributed by atoms with van der Waals surface area (Å²) in [5, 5.41) is 17.4. The number of carbonyl (C=O) groups excluding carboxylic acids is 2. The van der Waals surface area contributed by atoms with Gasteiger partial charge in [-0.2, -0.15) is 0 Å². The van der Waals surface area contributed by atoms with Gasteiger partial charge in [0.25, 0.3) is 0 Å². The number of Topliss-reactive ketones (excluding diaryl/α,β-unsaturated/α-hetero) is 2. The molecule has 258 valence electrons. The number of nitrogens with one attached hydrogen (secondary N) is 3. The van der Waals surface area contributed by atoms with E-state index in [-0.39, 0.29) is 38.9 Å². The molecule has 3 saturated carbocycles. The highest BCUT2D eigenvalue weighted by Crippen LogP contribution is 2.56. The zero-order valence-electron chi connectivity index (χ0n) is 30.9. The Balaban J connectivity index is 1.20. The molecule has 0 bridgehead atoms. The first kappa shape index (κ1) is 31.8. The summed E-state index contributed by atoms with van der Waals surface area (Å²) in [5.41, 5.74) is 3.59. The lowest BCUT2D eigenvalue weighted by molar-refractivity contribution is -0.129. The molecule has 2 aliphatic heterocycles. The van der Waals surface area contributed by atoms with Crippen LogP contribution in [0.1, 0.15) is 105 Å². The van der Waals surface area contributed by atoms with Gasteiger partial charge >= 0.3 is 0 Å². The average molecular weight is 667 g/mol. The van der Waals surface area contributed by atoms with Crippen molar-refractivity contribution in [3.05, 3.63) is 76.8 Å². The van der Waals surface area contributed by atoms with Crippen LogP contribution in [0.2, 0.25) is 0 Å². The van der Waals surface area contributed by atoms with Crippen molar-refractivity contribution in [2.75, 3.05) is 16.0 Å². The van der Waals surface area contributed by atoms with Crippen LogP contribution in [0, 0.1) is 21.7 Å². The molecule has 4 aromatic rings. The van der Waals surface area contributed by atoms with Crippen LogP contribution < -0.4 is 26.5 Å². The predicted molar refractivity (Wildman–Crippen MR) is 204 cm³/mol. The summed E-state index contributed by atoms with van der Waals surface area (Å²) < 4.78 is 0. The standard InChI is InChI=1S/C44H50N4O2/c1-39(2)19-40(3,4)22-43(21-39)45-29-13-9-11-25-15-17-27(35(47-43)31(25)29)33-37(49)34(38(33)50)28-18-16-26-12-10-14-30-32(26)36(28)48-44(46-30)23-41(5,6)20-42(7,8)24-44/h9-18,33,45-47H,19-24H2,1-8H3. The van der Waals surface area contributed by atoms with Crippen molar-refractivity contribution in [1.82, 2.24) is 0 Å². The summed E-state index contributed by atoms with van der Waals surface area (Å²) >= 11 is 0. The zero-order valence-corrected chi connectivity index (χ0v) is 30.9. The minimum Gasteiger partial charge on any atom is -0.362 e. The number of rotatable bonds is 1. The maximum Gasteiger partial charge on any atom is 0.182 e. The third-order valence-corrected chi connectivity index (χ3v) is 12.1. The summed E-state index contributed by atoms with van der Waals surface area (Å²) in [7, 11) is 0. The van der Waals surface area contributed by atoms with Gasteiger partial charge in [-0.3, -0.25) is 14.6 Å². The third kappa shape index (κ3) is 4.76. The van der Waals surface area contributed by atoms with Gasteiger partial charge in [0.1, 0.15) is 17.2 Å². The van der Waals surface area contributed by atoms with Crippen molar-refractivity contribution in [3.8, 4) is 0 Å². The Hall–Kier alpha value is -4.19. The fourth-order valence-corrected chi connectivity index (χ4v) is 12.2. The molecule has 3 fully saturated rings. The molecule has 2 heterocycles. The maximum atomic E-state index is 14.6. The van der Waals surface area contributed by atoms with Gasteiger partial charge in [-0.15, -0.1) is 0 Å². The smallest absolute Gasteiger partial charge is 0.182 e. The van der Waals surface area contributed by atoms with Gasteiger partial charge in [0.05, 0.1) is 16.6 Å². The van der Waals surface area contributed by atoms with Crippen molar-refractivity contribution in [2.45, 2.75) is 111 Å². The second-order valence-corrected chi connectivity index (χ2v) is 19.7. The Labute approximate surface area is 295 Å². The Morgan fingerprint density at radius 3 is 1.74 bits per heavy atom. The molecule has 0 atom stereocenters. The van der Waals surface area contributed by atoms with Crippen molar-refractivity contribution in [2.24, 2.45) is 26.7 Å². The average Bonchev–Trinajstić information content (AvgIpc) is 2.96. The summed E-state index contributed by atoms with van der Waals surface area (Å²) in [6.45, 7) is 18.7. The molecule has 2 spiro atoms. The topological polar surface area (TPSA) is 82.6 Å². The fraction of sp³-hybridized carbons (Fsp3) is 0.477. The van der Waals surface area contributed by atoms with Crippen LogP contribution in [0.25, 0.3) is 27.1 Å². The lowest BCUT2D eigenvalue weighted by Gasteiger charge is -2.55. The molecule has 9 rings (SSSR count). The molecule has 6 nitrogen and oxygen atoms in total.